The summed E-state index contributed by atoms with van der Waals surface area (Å²) >= 11 is 0. The number of piperidine rings is 2. The van der Waals surface area contributed by atoms with E-state index in [-0.39, 0.29) is 5.91 Å². The van der Waals surface area contributed by atoms with Gasteiger partial charge in [0.25, 0.3) is 5.91 Å². The molecule has 1 amide bonds. The number of carbonyl (C=O) groups is 1. The van der Waals surface area contributed by atoms with Gasteiger partial charge in [0, 0.05) is 36.9 Å². The van der Waals surface area contributed by atoms with E-state index in [4.69, 9.17) is 0 Å². The van der Waals surface area contributed by atoms with Crippen LogP contribution in [0, 0.1) is 5.92 Å². The van der Waals surface area contributed by atoms with Crippen LogP contribution in [0.25, 0.3) is 0 Å². The highest BCUT2D eigenvalue weighted by atomic mass is 16.2. The topological polar surface area (TPSA) is 36.4 Å². The third-order valence-electron chi connectivity index (χ3n) is 5.47. The molecule has 0 radical (unpaired) electrons. The van der Waals surface area contributed by atoms with Gasteiger partial charge in [-0.1, -0.05) is 6.92 Å². The van der Waals surface area contributed by atoms with E-state index in [1.807, 2.05) is 17.0 Å². The monoisotopic (exact) mass is 315 g/mol. The van der Waals surface area contributed by atoms with Gasteiger partial charge in [0.2, 0.25) is 0 Å². The maximum atomic E-state index is 13.0. The maximum absolute atomic E-state index is 13.0. The molecule has 0 N–H and O–H groups in total. The van der Waals surface area contributed by atoms with E-state index in [0.717, 1.165) is 30.9 Å². The van der Waals surface area contributed by atoms with Crippen LogP contribution in [0.15, 0.2) is 18.3 Å². The van der Waals surface area contributed by atoms with Crippen molar-refractivity contribution in [3.8, 4) is 0 Å². The summed E-state index contributed by atoms with van der Waals surface area (Å²) in [6, 6.07) is 4.71. The van der Waals surface area contributed by atoms with E-state index >= 15 is 0 Å². The van der Waals surface area contributed by atoms with Crippen LogP contribution in [0.2, 0.25) is 0 Å². The van der Waals surface area contributed by atoms with Crippen molar-refractivity contribution in [3.63, 3.8) is 0 Å². The van der Waals surface area contributed by atoms with Gasteiger partial charge in [0.1, 0.15) is 5.82 Å². The summed E-state index contributed by atoms with van der Waals surface area (Å²) in [5.41, 5.74) is 0.786. The molecule has 3 rings (SSSR count). The molecule has 1 aromatic heterocycles. The van der Waals surface area contributed by atoms with Gasteiger partial charge in [-0.25, -0.2) is 4.98 Å². The first-order chi connectivity index (χ1) is 11.1. The van der Waals surface area contributed by atoms with Crippen molar-refractivity contribution in [1.82, 2.24) is 9.88 Å². The number of likely N-dealkylation sites (tertiary alicyclic amines) is 1. The largest absolute Gasteiger partial charge is 0.354 e. The molecule has 4 heteroatoms. The zero-order valence-corrected chi connectivity index (χ0v) is 14.7. The van der Waals surface area contributed by atoms with Gasteiger partial charge in [-0.15, -0.1) is 0 Å². The molecule has 2 saturated heterocycles. The van der Waals surface area contributed by atoms with Crippen LogP contribution < -0.4 is 4.90 Å². The summed E-state index contributed by atoms with van der Waals surface area (Å²) in [5, 5.41) is 0. The number of anilines is 1. The SMILES string of the molecule is C[C@@H]1CC[C@H](C)N(C(=O)c2ccnc(N3CCCC[C@@H]3C)c2)C1. The third kappa shape index (κ3) is 3.51. The molecule has 3 atom stereocenters. The molecule has 4 nitrogen and oxygen atoms in total. The highest BCUT2D eigenvalue weighted by molar-refractivity contribution is 5.95. The van der Waals surface area contributed by atoms with Gasteiger partial charge in [0.15, 0.2) is 0 Å². The van der Waals surface area contributed by atoms with Crippen molar-refractivity contribution in [3.05, 3.63) is 23.9 Å². The predicted octanol–water partition coefficient (Wildman–Crippen LogP) is 3.72. The minimum absolute atomic E-state index is 0.164. The zero-order chi connectivity index (χ0) is 16.4. The summed E-state index contributed by atoms with van der Waals surface area (Å²) in [6.07, 6.45) is 7.83. The molecule has 126 valence electrons. The molecule has 2 aliphatic rings. The van der Waals surface area contributed by atoms with E-state index < -0.39 is 0 Å². The van der Waals surface area contributed by atoms with Gasteiger partial charge in [-0.3, -0.25) is 4.79 Å². The normalized spacial score (nSPS) is 28.7. The molecular weight excluding hydrogens is 286 g/mol. The molecule has 1 aromatic rings. The smallest absolute Gasteiger partial charge is 0.254 e. The summed E-state index contributed by atoms with van der Waals surface area (Å²) in [4.78, 5) is 21.9. The molecule has 2 aliphatic heterocycles. The number of hydrogen-bond donors (Lipinski definition) is 0. The van der Waals surface area contributed by atoms with Crippen LogP contribution in [0.4, 0.5) is 5.82 Å². The Morgan fingerprint density at radius 2 is 1.96 bits per heavy atom. The fourth-order valence-electron chi connectivity index (χ4n) is 3.88. The average Bonchev–Trinajstić information content (AvgIpc) is 2.57. The summed E-state index contributed by atoms with van der Waals surface area (Å²) < 4.78 is 0. The fraction of sp³-hybridized carbons (Fsp3) is 0.684. The molecule has 3 heterocycles. The van der Waals surface area contributed by atoms with Crippen molar-refractivity contribution in [2.24, 2.45) is 5.92 Å². The fourth-order valence-corrected chi connectivity index (χ4v) is 3.88. The lowest BCUT2D eigenvalue weighted by Gasteiger charge is -2.37. The number of aromatic nitrogens is 1. The Kier molecular flexibility index (Phi) is 4.88. The van der Waals surface area contributed by atoms with Crippen molar-refractivity contribution < 1.29 is 4.79 Å². The highest BCUT2D eigenvalue weighted by Crippen LogP contribution is 2.26. The van der Waals surface area contributed by atoms with Crippen LogP contribution in [-0.4, -0.2) is 41.0 Å². The van der Waals surface area contributed by atoms with Crippen molar-refractivity contribution >= 4 is 11.7 Å². The molecular formula is C19H29N3O. The Morgan fingerprint density at radius 1 is 1.13 bits per heavy atom. The second-order valence-electron chi connectivity index (χ2n) is 7.43. The van der Waals surface area contributed by atoms with Crippen molar-refractivity contribution in [2.45, 2.75) is 65.0 Å². The first-order valence-corrected chi connectivity index (χ1v) is 9.10. The first kappa shape index (κ1) is 16.3. The van der Waals surface area contributed by atoms with Crippen molar-refractivity contribution in [2.75, 3.05) is 18.0 Å². The molecule has 0 bridgehead atoms. The molecule has 2 fully saturated rings. The second-order valence-corrected chi connectivity index (χ2v) is 7.43. The standard InChI is InChI=1S/C19H29N3O/c1-14-7-8-16(3)22(13-14)19(23)17-9-10-20-18(12-17)21-11-5-4-6-15(21)2/h9-10,12,14-16H,4-8,11,13H2,1-3H3/t14-,15+,16+/m1/s1. The summed E-state index contributed by atoms with van der Waals surface area (Å²) in [7, 11) is 0. The minimum atomic E-state index is 0.164. The van der Waals surface area contributed by atoms with Crippen LogP contribution in [0.5, 0.6) is 0 Å². The number of hydrogen-bond acceptors (Lipinski definition) is 3. The molecule has 0 unspecified atom stereocenters. The Labute approximate surface area is 139 Å². The lowest BCUT2D eigenvalue weighted by atomic mass is 9.94. The predicted molar refractivity (Wildman–Crippen MR) is 93.8 cm³/mol. The molecule has 0 saturated carbocycles. The van der Waals surface area contributed by atoms with Crippen molar-refractivity contribution in [1.29, 1.82) is 0 Å². The lowest BCUT2D eigenvalue weighted by molar-refractivity contribution is 0.0574. The zero-order valence-electron chi connectivity index (χ0n) is 14.7. The van der Waals surface area contributed by atoms with Gasteiger partial charge < -0.3 is 9.80 Å². The van der Waals surface area contributed by atoms with E-state index in [9.17, 15) is 4.79 Å². The number of amides is 1. The van der Waals surface area contributed by atoms with Gasteiger partial charge >= 0.3 is 0 Å². The Bertz CT molecular complexity index is 559. The molecule has 0 spiro atoms. The van der Waals surface area contributed by atoms with Gasteiger partial charge in [-0.2, -0.15) is 0 Å². The number of pyridine rings is 1. The molecule has 0 aliphatic carbocycles. The third-order valence-corrected chi connectivity index (χ3v) is 5.47. The Balaban J connectivity index is 1.80. The minimum Gasteiger partial charge on any atom is -0.354 e. The molecule has 23 heavy (non-hydrogen) atoms. The number of rotatable bonds is 2. The quantitative estimate of drug-likeness (QED) is 0.834. The maximum Gasteiger partial charge on any atom is 0.254 e. The average molecular weight is 315 g/mol. The second kappa shape index (κ2) is 6.90. The van der Waals surface area contributed by atoms with Crippen LogP contribution in [0.3, 0.4) is 0 Å². The first-order valence-electron chi connectivity index (χ1n) is 9.10. The van der Waals surface area contributed by atoms with E-state index in [0.29, 0.717) is 18.0 Å². The van der Waals surface area contributed by atoms with Crippen LogP contribution >= 0.6 is 0 Å². The van der Waals surface area contributed by atoms with E-state index in [1.54, 1.807) is 6.20 Å². The van der Waals surface area contributed by atoms with E-state index in [2.05, 4.69) is 30.7 Å². The number of nitrogens with zero attached hydrogens (tertiary/aromatic N) is 3. The summed E-state index contributed by atoms with van der Waals surface area (Å²) in [6.45, 7) is 8.57. The van der Waals surface area contributed by atoms with Crippen LogP contribution in [0.1, 0.15) is 63.2 Å². The summed E-state index contributed by atoms with van der Waals surface area (Å²) in [5.74, 6) is 1.72. The number of carbonyl (C=O) groups excluding carboxylic acids is 1. The van der Waals surface area contributed by atoms with Crippen LogP contribution in [-0.2, 0) is 0 Å². The Morgan fingerprint density at radius 3 is 2.74 bits per heavy atom. The van der Waals surface area contributed by atoms with E-state index in [1.165, 1.54) is 25.7 Å². The van der Waals surface area contributed by atoms with Gasteiger partial charge in [0.05, 0.1) is 0 Å². The Hall–Kier alpha value is -1.58. The highest BCUT2D eigenvalue weighted by Gasteiger charge is 2.28. The lowest BCUT2D eigenvalue weighted by Crippen LogP contribution is -2.45. The van der Waals surface area contributed by atoms with Gasteiger partial charge in [-0.05, 0) is 64.0 Å². The molecule has 0 aromatic carbocycles.